The number of carboxylic acid groups (broad SMARTS) is 1. The Balaban J connectivity index is 1.54. The summed E-state index contributed by atoms with van der Waals surface area (Å²) in [5.74, 6) is -1.07. The summed E-state index contributed by atoms with van der Waals surface area (Å²) in [7, 11) is 0. The van der Waals surface area contributed by atoms with Gasteiger partial charge in [-0.25, -0.2) is 4.79 Å². The van der Waals surface area contributed by atoms with Gasteiger partial charge in [-0.3, -0.25) is 0 Å². The van der Waals surface area contributed by atoms with Gasteiger partial charge in [-0.05, 0) is 47.7 Å². The molecule has 0 saturated carbocycles. The largest absolute Gasteiger partial charge is 0.478 e. The third kappa shape index (κ3) is 5.20. The number of aliphatic carboxylic acids is 1. The van der Waals surface area contributed by atoms with Crippen LogP contribution in [0.1, 0.15) is 29.5 Å². The van der Waals surface area contributed by atoms with E-state index in [0.717, 1.165) is 18.1 Å². The fourth-order valence-electron chi connectivity index (χ4n) is 3.77. The SMILES string of the molecule is CC(Cc1ccccc1)c1ccc(Oc2cc3c(cc2Cl)C=C(C(=O)O)C(C(F)(F)F)O3)cc1. The van der Waals surface area contributed by atoms with E-state index in [1.807, 2.05) is 30.3 Å². The number of fused-ring (bicyclic) bond motifs is 1. The molecule has 4 rings (SSSR count). The van der Waals surface area contributed by atoms with E-state index < -0.39 is 23.8 Å². The average molecular weight is 489 g/mol. The first kappa shape index (κ1) is 23.7. The van der Waals surface area contributed by atoms with Crippen LogP contribution in [0.25, 0.3) is 6.08 Å². The van der Waals surface area contributed by atoms with Gasteiger partial charge in [0.25, 0.3) is 0 Å². The lowest BCUT2D eigenvalue weighted by molar-refractivity contribution is -0.187. The van der Waals surface area contributed by atoms with Gasteiger partial charge in [0.05, 0.1) is 10.6 Å². The first-order chi connectivity index (χ1) is 16.1. The molecular formula is C26H20ClF3O4. The summed E-state index contributed by atoms with van der Waals surface area (Å²) in [4.78, 5) is 11.3. The van der Waals surface area contributed by atoms with Crippen molar-refractivity contribution in [2.24, 2.45) is 0 Å². The van der Waals surface area contributed by atoms with E-state index in [-0.39, 0.29) is 28.0 Å². The number of alkyl halides is 3. The highest BCUT2D eigenvalue weighted by Crippen LogP contribution is 2.42. The van der Waals surface area contributed by atoms with E-state index in [1.165, 1.54) is 17.7 Å². The van der Waals surface area contributed by atoms with Crippen LogP contribution in [0.5, 0.6) is 17.2 Å². The van der Waals surface area contributed by atoms with Gasteiger partial charge < -0.3 is 14.6 Å². The first-order valence-electron chi connectivity index (χ1n) is 10.5. The Kier molecular flexibility index (Phi) is 6.57. The molecule has 176 valence electrons. The van der Waals surface area contributed by atoms with Crippen molar-refractivity contribution in [1.29, 1.82) is 0 Å². The highest BCUT2D eigenvalue weighted by atomic mass is 35.5. The van der Waals surface area contributed by atoms with Crippen molar-refractivity contribution in [2.45, 2.75) is 31.5 Å². The van der Waals surface area contributed by atoms with Crippen LogP contribution in [-0.2, 0) is 11.2 Å². The van der Waals surface area contributed by atoms with E-state index in [4.69, 9.17) is 26.2 Å². The highest BCUT2D eigenvalue weighted by Gasteiger charge is 2.48. The molecular weight excluding hydrogens is 469 g/mol. The molecule has 2 unspecified atom stereocenters. The zero-order valence-corrected chi connectivity index (χ0v) is 18.7. The maximum absolute atomic E-state index is 13.3. The van der Waals surface area contributed by atoms with Crippen LogP contribution < -0.4 is 9.47 Å². The summed E-state index contributed by atoms with van der Waals surface area (Å²) in [6.45, 7) is 2.12. The lowest BCUT2D eigenvalue weighted by Crippen LogP contribution is -2.40. The van der Waals surface area contributed by atoms with E-state index in [9.17, 15) is 18.0 Å². The molecule has 3 aromatic carbocycles. The van der Waals surface area contributed by atoms with Crippen LogP contribution in [0.3, 0.4) is 0 Å². The maximum Gasteiger partial charge on any atom is 0.430 e. The molecule has 0 amide bonds. The van der Waals surface area contributed by atoms with Crippen LogP contribution in [-0.4, -0.2) is 23.4 Å². The standard InChI is InChI=1S/C26H20ClF3O4/c1-15(11-16-5-3-2-4-6-16)17-7-9-19(10-8-17)33-23-14-22-18(13-21(23)27)12-20(25(31)32)24(34-22)26(28,29)30/h2-10,12-15,24H,11H2,1H3,(H,31,32). The van der Waals surface area contributed by atoms with Gasteiger partial charge in [-0.15, -0.1) is 0 Å². The zero-order chi connectivity index (χ0) is 24.5. The van der Waals surface area contributed by atoms with Crippen LogP contribution in [0.2, 0.25) is 5.02 Å². The number of benzene rings is 3. The van der Waals surface area contributed by atoms with Crippen molar-refractivity contribution < 1.29 is 32.5 Å². The molecule has 0 saturated heterocycles. The Bertz CT molecular complexity index is 1220. The second kappa shape index (κ2) is 9.43. The molecule has 34 heavy (non-hydrogen) atoms. The molecule has 0 spiro atoms. The summed E-state index contributed by atoms with van der Waals surface area (Å²) in [6, 6.07) is 20.0. The average Bonchev–Trinajstić information content (AvgIpc) is 2.79. The third-order valence-electron chi connectivity index (χ3n) is 5.51. The second-order valence-electron chi connectivity index (χ2n) is 8.03. The Morgan fingerprint density at radius 2 is 1.79 bits per heavy atom. The zero-order valence-electron chi connectivity index (χ0n) is 18.0. The minimum Gasteiger partial charge on any atom is -0.478 e. The van der Waals surface area contributed by atoms with E-state index in [0.29, 0.717) is 5.75 Å². The molecule has 0 aromatic heterocycles. The van der Waals surface area contributed by atoms with Crippen LogP contribution in [0.4, 0.5) is 13.2 Å². The molecule has 8 heteroatoms. The fraction of sp³-hybridized carbons (Fsp3) is 0.192. The fourth-order valence-corrected chi connectivity index (χ4v) is 3.98. The Morgan fingerprint density at radius 1 is 1.12 bits per heavy atom. The Morgan fingerprint density at radius 3 is 2.41 bits per heavy atom. The lowest BCUT2D eigenvalue weighted by Gasteiger charge is -2.27. The van der Waals surface area contributed by atoms with Crippen molar-refractivity contribution in [1.82, 2.24) is 0 Å². The van der Waals surface area contributed by atoms with Gasteiger partial charge in [-0.1, -0.05) is 61.0 Å². The molecule has 2 atom stereocenters. The van der Waals surface area contributed by atoms with Gasteiger partial charge >= 0.3 is 12.1 Å². The molecule has 1 heterocycles. The minimum atomic E-state index is -4.89. The number of hydrogen-bond donors (Lipinski definition) is 1. The van der Waals surface area contributed by atoms with Crippen LogP contribution >= 0.6 is 11.6 Å². The van der Waals surface area contributed by atoms with Gasteiger partial charge in [0.15, 0.2) is 0 Å². The molecule has 4 nitrogen and oxygen atoms in total. The molecule has 0 bridgehead atoms. The quantitative estimate of drug-likeness (QED) is 0.396. The number of carboxylic acids is 1. The number of halogens is 4. The molecule has 0 aliphatic carbocycles. The van der Waals surface area contributed by atoms with Crippen molar-refractivity contribution in [3.8, 4) is 17.2 Å². The first-order valence-corrected chi connectivity index (χ1v) is 10.8. The minimum absolute atomic E-state index is 0.0959. The van der Waals surface area contributed by atoms with Crippen molar-refractivity contribution in [3.63, 3.8) is 0 Å². The van der Waals surface area contributed by atoms with Crippen molar-refractivity contribution >= 4 is 23.6 Å². The molecule has 3 aromatic rings. The van der Waals surface area contributed by atoms with Crippen molar-refractivity contribution in [3.05, 3.63) is 94.0 Å². The van der Waals surface area contributed by atoms with Gasteiger partial charge in [-0.2, -0.15) is 13.2 Å². The smallest absolute Gasteiger partial charge is 0.430 e. The monoisotopic (exact) mass is 488 g/mol. The number of ether oxygens (including phenoxy) is 2. The van der Waals surface area contributed by atoms with E-state index >= 15 is 0 Å². The van der Waals surface area contributed by atoms with Crippen LogP contribution in [0.15, 0.2) is 72.3 Å². The third-order valence-corrected chi connectivity index (χ3v) is 5.80. The summed E-state index contributed by atoms with van der Waals surface area (Å²) in [5, 5.41) is 9.26. The van der Waals surface area contributed by atoms with Gasteiger partial charge in [0, 0.05) is 11.6 Å². The van der Waals surface area contributed by atoms with Gasteiger partial charge in [0.1, 0.15) is 17.2 Å². The predicted molar refractivity (Wildman–Crippen MR) is 123 cm³/mol. The van der Waals surface area contributed by atoms with Gasteiger partial charge in [0.2, 0.25) is 6.10 Å². The molecule has 1 N–H and O–H groups in total. The normalized spacial score (nSPS) is 16.1. The summed E-state index contributed by atoms with van der Waals surface area (Å²) in [6.07, 6.45) is -5.69. The molecule has 0 radical (unpaired) electrons. The Labute approximate surface area is 199 Å². The maximum atomic E-state index is 13.3. The molecule has 1 aliphatic rings. The summed E-state index contributed by atoms with van der Waals surface area (Å²) >= 11 is 6.26. The predicted octanol–water partition coefficient (Wildman–Crippen LogP) is 7.27. The summed E-state index contributed by atoms with van der Waals surface area (Å²) in [5.41, 5.74) is 1.55. The number of carbonyl (C=O) groups is 1. The van der Waals surface area contributed by atoms with Crippen LogP contribution in [0, 0.1) is 0 Å². The number of rotatable bonds is 6. The molecule has 1 aliphatic heterocycles. The summed E-state index contributed by atoms with van der Waals surface area (Å²) < 4.78 is 50.8. The second-order valence-corrected chi connectivity index (χ2v) is 8.43. The lowest BCUT2D eigenvalue weighted by atomic mass is 9.94. The molecule has 0 fully saturated rings. The Hall–Kier alpha value is -3.45. The van der Waals surface area contributed by atoms with E-state index in [2.05, 4.69) is 19.1 Å². The van der Waals surface area contributed by atoms with E-state index in [1.54, 1.807) is 12.1 Å². The van der Waals surface area contributed by atoms with Crippen molar-refractivity contribution in [2.75, 3.05) is 0 Å². The number of hydrogen-bond acceptors (Lipinski definition) is 3. The highest BCUT2D eigenvalue weighted by molar-refractivity contribution is 6.32. The topological polar surface area (TPSA) is 55.8 Å².